The molecular weight excluding hydrogens is 414 g/mol. The first kappa shape index (κ1) is 19.3. The van der Waals surface area contributed by atoms with E-state index in [1.165, 1.54) is 26.7 Å². The van der Waals surface area contributed by atoms with Gasteiger partial charge in [-0.15, -0.1) is 12.4 Å². The maximum Gasteiger partial charge on any atom is 0.119 e. The van der Waals surface area contributed by atoms with Crippen LogP contribution in [0.1, 0.15) is 29.5 Å². The molecule has 1 aliphatic heterocycles. The molecule has 1 fully saturated rings. The second-order valence-corrected chi connectivity index (χ2v) is 7.52. The number of methoxy groups -OCH3 is 1. The lowest BCUT2D eigenvalue weighted by atomic mass is 9.87. The molecule has 26 heavy (non-hydrogen) atoms. The van der Waals surface area contributed by atoms with Crippen molar-refractivity contribution < 1.29 is 9.47 Å². The molecule has 0 bridgehead atoms. The monoisotopic (exact) mass is 435 g/mol. The average Bonchev–Trinajstić information content (AvgIpc) is 3.15. The number of hydrogen-bond donors (Lipinski definition) is 1. The van der Waals surface area contributed by atoms with E-state index in [9.17, 15) is 0 Å². The van der Waals surface area contributed by atoms with Crippen LogP contribution in [0, 0.1) is 0 Å². The van der Waals surface area contributed by atoms with Crippen LogP contribution < -0.4 is 14.8 Å². The molecule has 0 amide bonds. The van der Waals surface area contributed by atoms with Gasteiger partial charge in [-0.25, -0.2) is 0 Å². The second-order valence-electron chi connectivity index (χ2n) is 6.56. The van der Waals surface area contributed by atoms with Crippen molar-refractivity contribution in [2.75, 3.05) is 20.2 Å². The fourth-order valence-electron chi connectivity index (χ4n) is 3.58. The number of halogens is 2. The van der Waals surface area contributed by atoms with E-state index in [2.05, 4.69) is 57.6 Å². The zero-order chi connectivity index (χ0) is 17.2. The van der Waals surface area contributed by atoms with Gasteiger partial charge in [-0.1, -0.05) is 34.1 Å². The number of hydrogen-bond acceptors (Lipinski definition) is 3. The zero-order valence-corrected chi connectivity index (χ0v) is 17.2. The van der Waals surface area contributed by atoms with Gasteiger partial charge in [-0.05, 0) is 72.3 Å². The minimum atomic E-state index is 0. The molecule has 0 spiro atoms. The van der Waals surface area contributed by atoms with Crippen molar-refractivity contribution in [2.45, 2.75) is 25.4 Å². The Morgan fingerprint density at radius 3 is 2.50 bits per heavy atom. The third-order valence-corrected chi connectivity index (χ3v) is 5.73. The van der Waals surface area contributed by atoms with Gasteiger partial charge in [0.05, 0.1) is 7.11 Å². The highest BCUT2D eigenvalue weighted by Gasteiger charge is 2.20. The SMILES string of the molecule is COc1ccc2c(c1)C(c1ccc(OC3CCNC3)cc1)=C(Br)CC2.Cl. The summed E-state index contributed by atoms with van der Waals surface area (Å²) in [5, 5.41) is 3.33. The molecule has 2 aliphatic rings. The van der Waals surface area contributed by atoms with Crippen molar-refractivity contribution in [2.24, 2.45) is 0 Å². The van der Waals surface area contributed by atoms with Crippen molar-refractivity contribution in [3.8, 4) is 11.5 Å². The van der Waals surface area contributed by atoms with Gasteiger partial charge in [0.25, 0.3) is 0 Å². The summed E-state index contributed by atoms with van der Waals surface area (Å²) in [5.41, 5.74) is 5.09. The first-order chi connectivity index (χ1) is 12.2. The third-order valence-electron chi connectivity index (χ3n) is 4.93. The first-order valence-electron chi connectivity index (χ1n) is 8.78. The van der Waals surface area contributed by atoms with E-state index in [-0.39, 0.29) is 18.5 Å². The van der Waals surface area contributed by atoms with Gasteiger partial charge < -0.3 is 14.8 Å². The Morgan fingerprint density at radius 2 is 1.81 bits per heavy atom. The molecule has 1 atom stereocenters. The molecule has 0 aromatic heterocycles. The number of rotatable bonds is 4. The molecule has 1 heterocycles. The van der Waals surface area contributed by atoms with Crippen molar-refractivity contribution >= 4 is 33.9 Å². The quantitative estimate of drug-likeness (QED) is 0.735. The predicted molar refractivity (Wildman–Crippen MR) is 112 cm³/mol. The number of ether oxygens (including phenoxy) is 2. The molecule has 5 heteroatoms. The Bertz CT molecular complexity index is 798. The fraction of sp³-hybridized carbons (Fsp3) is 0.333. The van der Waals surface area contributed by atoms with Gasteiger partial charge in [0.15, 0.2) is 0 Å². The molecule has 1 unspecified atom stereocenters. The lowest BCUT2D eigenvalue weighted by Gasteiger charge is -2.22. The van der Waals surface area contributed by atoms with E-state index in [1.54, 1.807) is 7.11 Å². The van der Waals surface area contributed by atoms with E-state index in [4.69, 9.17) is 9.47 Å². The van der Waals surface area contributed by atoms with Crippen LogP contribution in [0.4, 0.5) is 0 Å². The van der Waals surface area contributed by atoms with E-state index >= 15 is 0 Å². The van der Waals surface area contributed by atoms with Crippen LogP contribution in [-0.2, 0) is 6.42 Å². The lowest BCUT2D eigenvalue weighted by Crippen LogP contribution is -2.19. The molecule has 2 aromatic carbocycles. The van der Waals surface area contributed by atoms with E-state index in [1.807, 2.05) is 6.07 Å². The second kappa shape index (κ2) is 8.47. The van der Waals surface area contributed by atoms with Gasteiger partial charge in [0, 0.05) is 11.0 Å². The molecule has 2 aromatic rings. The number of benzene rings is 2. The molecule has 138 valence electrons. The summed E-state index contributed by atoms with van der Waals surface area (Å²) in [6.45, 7) is 1.98. The summed E-state index contributed by atoms with van der Waals surface area (Å²) in [4.78, 5) is 0. The Kier molecular flexibility index (Phi) is 6.28. The number of nitrogens with one attached hydrogen (secondary N) is 1. The Morgan fingerprint density at radius 1 is 1.04 bits per heavy atom. The van der Waals surface area contributed by atoms with Crippen LogP contribution in [0.3, 0.4) is 0 Å². The molecule has 4 rings (SSSR count). The van der Waals surface area contributed by atoms with Crippen LogP contribution in [0.2, 0.25) is 0 Å². The lowest BCUT2D eigenvalue weighted by molar-refractivity contribution is 0.223. The van der Waals surface area contributed by atoms with Gasteiger partial charge in [-0.2, -0.15) is 0 Å². The molecule has 0 saturated carbocycles. The number of aryl methyl sites for hydroxylation is 1. The van der Waals surface area contributed by atoms with Crippen molar-refractivity contribution in [1.82, 2.24) is 5.32 Å². The van der Waals surface area contributed by atoms with Gasteiger partial charge in [-0.3, -0.25) is 0 Å². The number of fused-ring (bicyclic) bond motifs is 1. The highest BCUT2D eigenvalue weighted by Crippen LogP contribution is 2.40. The van der Waals surface area contributed by atoms with Crippen LogP contribution in [0.25, 0.3) is 5.57 Å². The summed E-state index contributed by atoms with van der Waals surface area (Å²) in [6, 6.07) is 14.8. The Hall–Kier alpha value is -1.49. The molecule has 1 aliphatic carbocycles. The minimum absolute atomic E-state index is 0. The largest absolute Gasteiger partial charge is 0.497 e. The standard InChI is InChI=1S/C21H22BrNO2.ClH/c1-24-17-8-2-14-5-9-20(22)21(19(14)12-17)15-3-6-16(7-4-15)25-18-10-11-23-13-18;/h2-4,6-8,12,18,23H,5,9-11,13H2,1H3;1H. The summed E-state index contributed by atoms with van der Waals surface area (Å²) in [6.07, 6.45) is 3.45. The van der Waals surface area contributed by atoms with Crippen molar-refractivity contribution in [3.63, 3.8) is 0 Å². The molecule has 3 nitrogen and oxygen atoms in total. The summed E-state index contributed by atoms with van der Waals surface area (Å²) >= 11 is 3.80. The normalized spacial score (nSPS) is 18.9. The fourth-order valence-corrected chi connectivity index (χ4v) is 4.22. The smallest absolute Gasteiger partial charge is 0.119 e. The third kappa shape index (κ3) is 3.93. The van der Waals surface area contributed by atoms with Gasteiger partial charge in [0.2, 0.25) is 0 Å². The van der Waals surface area contributed by atoms with E-state index < -0.39 is 0 Å². The highest BCUT2D eigenvalue weighted by molar-refractivity contribution is 9.11. The molecule has 0 radical (unpaired) electrons. The van der Waals surface area contributed by atoms with E-state index in [0.717, 1.165) is 43.9 Å². The van der Waals surface area contributed by atoms with Crippen molar-refractivity contribution in [1.29, 1.82) is 0 Å². The average molecular weight is 437 g/mol. The summed E-state index contributed by atoms with van der Waals surface area (Å²) in [5.74, 6) is 1.84. The van der Waals surface area contributed by atoms with Gasteiger partial charge in [0.1, 0.15) is 17.6 Å². The maximum absolute atomic E-state index is 6.04. The minimum Gasteiger partial charge on any atom is -0.497 e. The molecule has 1 saturated heterocycles. The predicted octanol–water partition coefficient (Wildman–Crippen LogP) is 4.96. The van der Waals surface area contributed by atoms with Gasteiger partial charge >= 0.3 is 0 Å². The maximum atomic E-state index is 6.04. The highest BCUT2D eigenvalue weighted by atomic mass is 79.9. The number of allylic oxidation sites excluding steroid dienone is 1. The van der Waals surface area contributed by atoms with Crippen LogP contribution >= 0.6 is 28.3 Å². The van der Waals surface area contributed by atoms with E-state index in [0.29, 0.717) is 0 Å². The van der Waals surface area contributed by atoms with Crippen LogP contribution in [0.15, 0.2) is 46.9 Å². The first-order valence-corrected chi connectivity index (χ1v) is 9.57. The Balaban J connectivity index is 0.00000196. The summed E-state index contributed by atoms with van der Waals surface area (Å²) in [7, 11) is 1.72. The molecular formula is C21H23BrClNO2. The zero-order valence-electron chi connectivity index (χ0n) is 14.8. The molecule has 1 N–H and O–H groups in total. The summed E-state index contributed by atoms with van der Waals surface area (Å²) < 4.78 is 12.7. The topological polar surface area (TPSA) is 30.5 Å². The van der Waals surface area contributed by atoms with Crippen molar-refractivity contribution in [3.05, 3.63) is 63.6 Å². The van der Waals surface area contributed by atoms with Crippen LogP contribution in [0.5, 0.6) is 11.5 Å². The van der Waals surface area contributed by atoms with Crippen LogP contribution in [-0.4, -0.2) is 26.3 Å². The Labute approximate surface area is 169 Å².